The normalized spacial score (nSPS) is 17.1. The van der Waals surface area contributed by atoms with Crippen LogP contribution in [0.2, 0.25) is 0 Å². The van der Waals surface area contributed by atoms with Crippen LogP contribution in [-0.2, 0) is 42.4 Å². The number of nitrogens with zero attached hydrogens (tertiary/aromatic N) is 7. The van der Waals surface area contributed by atoms with Gasteiger partial charge in [0.05, 0.1) is 56.8 Å². The van der Waals surface area contributed by atoms with Crippen LogP contribution < -0.4 is 4.74 Å². The molecule has 5 aromatic rings. The maximum absolute atomic E-state index is 12.6. The lowest BCUT2D eigenvalue weighted by Gasteiger charge is -2.42. The van der Waals surface area contributed by atoms with E-state index >= 15 is 0 Å². The van der Waals surface area contributed by atoms with Gasteiger partial charge in [-0.1, -0.05) is 71.4 Å². The molecule has 2 atom stereocenters. The van der Waals surface area contributed by atoms with Crippen molar-refractivity contribution in [3.8, 4) is 5.75 Å². The van der Waals surface area contributed by atoms with Gasteiger partial charge in [-0.3, -0.25) is 13.9 Å². The zero-order valence-electron chi connectivity index (χ0n) is 30.6. The molecule has 0 fully saturated rings. The van der Waals surface area contributed by atoms with Gasteiger partial charge < -0.3 is 19.7 Å². The summed E-state index contributed by atoms with van der Waals surface area (Å²) < 4.78 is 40.7. The second kappa shape index (κ2) is 15.8. The van der Waals surface area contributed by atoms with Gasteiger partial charge in [-0.15, -0.1) is 21.0 Å². The second-order valence-electron chi connectivity index (χ2n) is 14.1. The average Bonchev–Trinajstić information content (AvgIpc) is 3.75. The number of ether oxygens (including phenoxy) is 2. The predicted octanol–water partition coefficient (Wildman–Crippen LogP) is 6.14. The Labute approximate surface area is 310 Å². The predicted molar refractivity (Wildman–Crippen MR) is 198 cm³/mol. The lowest BCUT2D eigenvalue weighted by molar-refractivity contribution is -0.158. The van der Waals surface area contributed by atoms with Crippen LogP contribution in [0, 0.1) is 19.3 Å². The molecule has 0 aliphatic carbocycles. The molecule has 0 amide bonds. The first-order valence-electron chi connectivity index (χ1n) is 17.5. The van der Waals surface area contributed by atoms with Crippen molar-refractivity contribution >= 4 is 16.7 Å². The number of aliphatic hydroxyl groups is 1. The Kier molecular flexibility index (Phi) is 11.3. The quantitative estimate of drug-likeness (QED) is 0.102. The Balaban J connectivity index is 1.20. The van der Waals surface area contributed by atoms with Crippen LogP contribution in [0.15, 0.2) is 78.0 Å². The molecule has 3 heterocycles. The molecule has 0 spiro atoms. The first-order valence-corrected chi connectivity index (χ1v) is 19.0. The molecular formula is C38H47N7O7S. The number of aliphatic carboxylic acids is 1. The van der Waals surface area contributed by atoms with Gasteiger partial charge >= 0.3 is 5.97 Å². The van der Waals surface area contributed by atoms with Crippen LogP contribution >= 0.6 is 10.8 Å². The highest BCUT2D eigenvalue weighted by atomic mass is 32.3. The Morgan fingerprint density at radius 3 is 2.26 bits per heavy atom. The van der Waals surface area contributed by atoms with E-state index in [1.807, 2.05) is 45.0 Å². The van der Waals surface area contributed by atoms with Gasteiger partial charge in [0.2, 0.25) is 0 Å². The highest BCUT2D eigenvalue weighted by Gasteiger charge is 2.40. The van der Waals surface area contributed by atoms with E-state index in [4.69, 9.17) is 9.47 Å². The van der Waals surface area contributed by atoms with E-state index in [0.717, 1.165) is 27.8 Å². The van der Waals surface area contributed by atoms with Crippen molar-refractivity contribution in [3.05, 3.63) is 118 Å². The lowest BCUT2D eigenvalue weighted by Crippen LogP contribution is -2.35. The van der Waals surface area contributed by atoms with Crippen molar-refractivity contribution in [2.24, 2.45) is 5.41 Å². The molecule has 2 unspecified atom stereocenters. The molecular weight excluding hydrogens is 699 g/mol. The molecule has 1 aliphatic rings. The van der Waals surface area contributed by atoms with Crippen LogP contribution in [0.4, 0.5) is 0 Å². The summed E-state index contributed by atoms with van der Waals surface area (Å²) >= 11 is 0. The van der Waals surface area contributed by atoms with Gasteiger partial charge in [0, 0.05) is 6.54 Å². The van der Waals surface area contributed by atoms with Gasteiger partial charge in [-0.2, -0.15) is 4.31 Å². The molecule has 1 aliphatic heterocycles. The highest BCUT2D eigenvalue weighted by Crippen LogP contribution is 2.57. The van der Waals surface area contributed by atoms with E-state index in [2.05, 4.69) is 38.8 Å². The van der Waals surface area contributed by atoms with Crippen LogP contribution in [-0.4, -0.2) is 72.2 Å². The minimum atomic E-state index is -3.39. The summed E-state index contributed by atoms with van der Waals surface area (Å²) in [6.45, 7) is 10.5. The Bertz CT molecular complexity index is 2060. The van der Waals surface area contributed by atoms with Gasteiger partial charge in [0.25, 0.3) is 0 Å². The molecule has 53 heavy (non-hydrogen) atoms. The molecule has 4 N–H and O–H groups in total. The third kappa shape index (κ3) is 8.61. The molecule has 15 heteroatoms. The minimum Gasteiger partial charge on any atom is -0.487 e. The number of rotatable bonds is 14. The highest BCUT2D eigenvalue weighted by molar-refractivity contribution is 8.22. The van der Waals surface area contributed by atoms with E-state index < -0.39 is 28.3 Å². The summed E-state index contributed by atoms with van der Waals surface area (Å²) in [4.78, 5) is 12.9. The van der Waals surface area contributed by atoms with Crippen molar-refractivity contribution < 1.29 is 33.6 Å². The number of carbonyl (C=O) groups is 1. The van der Waals surface area contributed by atoms with Crippen molar-refractivity contribution in [3.63, 3.8) is 0 Å². The standard InChI is InChI=1S/C38H47N7O7S/c1-6-33-22-45(53(49,50)35-10-8-7-9-34(35)52-33)19-30-16-29(12-11-26(30)3)36(38(4,5)37(47)48)51-24-32-21-44(42-40-32)18-28-14-25(2)13-27(15-28)17-43-20-31(23-46)39-41-43/h7-16,20-21,33,36,46,49-50H,6,17-19,22-24H2,1-5H3,(H,47,48). The van der Waals surface area contributed by atoms with Crippen LogP contribution in [0.25, 0.3) is 0 Å². The first-order chi connectivity index (χ1) is 25.3. The zero-order valence-corrected chi connectivity index (χ0v) is 31.4. The molecule has 2 aromatic heterocycles. The number of aliphatic hydroxyl groups excluding tert-OH is 1. The van der Waals surface area contributed by atoms with Gasteiger partial charge in [-0.05, 0) is 74.1 Å². The summed E-state index contributed by atoms with van der Waals surface area (Å²) in [5, 5.41) is 36.3. The number of carboxylic acids is 1. The van der Waals surface area contributed by atoms with Crippen LogP contribution in [0.3, 0.4) is 0 Å². The molecule has 6 rings (SSSR count). The number of hydrogen-bond acceptors (Lipinski definition) is 11. The smallest absolute Gasteiger partial charge is 0.312 e. The molecule has 3 aromatic carbocycles. The number of fused-ring (bicyclic) bond motifs is 1. The summed E-state index contributed by atoms with van der Waals surface area (Å²) in [6.07, 6.45) is 3.05. The minimum absolute atomic E-state index is 0.0160. The first kappa shape index (κ1) is 38.1. The topological polar surface area (TPSA) is 181 Å². The third-order valence-electron chi connectivity index (χ3n) is 9.51. The number of para-hydroxylation sites is 1. The summed E-state index contributed by atoms with van der Waals surface area (Å²) in [7, 11) is -3.39. The molecule has 0 saturated carbocycles. The third-order valence-corrected chi connectivity index (χ3v) is 11.4. The van der Waals surface area contributed by atoms with E-state index in [1.54, 1.807) is 58.1 Å². The maximum atomic E-state index is 12.6. The van der Waals surface area contributed by atoms with Crippen LogP contribution in [0.5, 0.6) is 5.75 Å². The van der Waals surface area contributed by atoms with E-state index in [0.29, 0.717) is 53.7 Å². The summed E-state index contributed by atoms with van der Waals surface area (Å²) in [5.74, 6) is -0.561. The fourth-order valence-electron chi connectivity index (χ4n) is 6.52. The Morgan fingerprint density at radius 1 is 0.962 bits per heavy atom. The number of carboxylic acid groups (broad SMARTS) is 1. The number of hydrogen-bond donors (Lipinski definition) is 4. The molecule has 0 bridgehead atoms. The lowest BCUT2D eigenvalue weighted by atomic mass is 9.81. The largest absolute Gasteiger partial charge is 0.487 e. The fourth-order valence-corrected chi connectivity index (χ4v) is 8.14. The number of benzene rings is 3. The SMILES string of the molecule is CCC1CN(Cc2cc(C(OCc3cn(Cc4cc(C)cc(Cn5cc(CO)nn5)c4)nn3)C(C)(C)C(=O)O)ccc2C)S(O)(O)c2ccccc2O1. The number of aryl methyl sites for hydroxylation is 2. The maximum Gasteiger partial charge on any atom is 0.312 e. The van der Waals surface area contributed by atoms with Crippen molar-refractivity contribution in [1.29, 1.82) is 0 Å². The van der Waals surface area contributed by atoms with Crippen molar-refractivity contribution in [2.75, 3.05) is 6.54 Å². The molecule has 0 saturated heterocycles. The monoisotopic (exact) mass is 745 g/mol. The second-order valence-corrected chi connectivity index (χ2v) is 16.1. The summed E-state index contributed by atoms with van der Waals surface area (Å²) in [6, 6.07) is 18.9. The Hall–Kier alpha value is -4.64. The molecule has 282 valence electrons. The van der Waals surface area contributed by atoms with Gasteiger partial charge in [-0.25, -0.2) is 9.36 Å². The van der Waals surface area contributed by atoms with Gasteiger partial charge in [0.15, 0.2) is 0 Å². The van der Waals surface area contributed by atoms with E-state index in [9.17, 15) is 24.1 Å². The van der Waals surface area contributed by atoms with Crippen LogP contribution in [0.1, 0.15) is 78.1 Å². The Morgan fingerprint density at radius 2 is 1.62 bits per heavy atom. The number of aromatic nitrogens is 6. The average molecular weight is 746 g/mol. The molecule has 0 radical (unpaired) electrons. The van der Waals surface area contributed by atoms with Gasteiger partial charge in [0.1, 0.15) is 28.1 Å². The molecule has 14 nitrogen and oxygen atoms in total. The summed E-state index contributed by atoms with van der Waals surface area (Å²) in [5.41, 5.74) is 5.21. The van der Waals surface area contributed by atoms with E-state index in [1.165, 1.54) is 0 Å². The van der Waals surface area contributed by atoms with Crippen molar-refractivity contribution in [1.82, 2.24) is 34.3 Å². The van der Waals surface area contributed by atoms with Crippen molar-refractivity contribution in [2.45, 2.75) is 91.0 Å². The fraction of sp³-hybridized carbons (Fsp3) is 0.395. The van der Waals surface area contributed by atoms with E-state index in [-0.39, 0.29) is 25.9 Å². The zero-order chi connectivity index (χ0) is 37.9.